The molecule has 1 amide bonds. The van der Waals surface area contributed by atoms with E-state index in [1.807, 2.05) is 25.1 Å². The Morgan fingerprint density at radius 1 is 1.39 bits per heavy atom. The maximum absolute atomic E-state index is 12.0. The van der Waals surface area contributed by atoms with E-state index in [4.69, 9.17) is 9.47 Å². The molecule has 2 rings (SSSR count). The van der Waals surface area contributed by atoms with Crippen LogP contribution in [0.25, 0.3) is 0 Å². The first-order valence-corrected chi connectivity index (χ1v) is 6.43. The second kappa shape index (κ2) is 6.40. The third-order valence-corrected chi connectivity index (χ3v) is 2.99. The lowest BCUT2D eigenvalue weighted by Crippen LogP contribution is -2.44. The van der Waals surface area contributed by atoms with Crippen molar-refractivity contribution in [3.05, 3.63) is 30.3 Å². The Balaban J connectivity index is 1.88. The summed E-state index contributed by atoms with van der Waals surface area (Å²) in [6.45, 7) is 4.03. The van der Waals surface area contributed by atoms with Gasteiger partial charge in [-0.05, 0) is 31.9 Å². The Kier molecular flexibility index (Phi) is 4.59. The summed E-state index contributed by atoms with van der Waals surface area (Å²) >= 11 is 0. The Labute approximate surface area is 107 Å². The van der Waals surface area contributed by atoms with Crippen LogP contribution in [0.5, 0.6) is 5.75 Å². The van der Waals surface area contributed by atoms with E-state index in [0.717, 1.165) is 19.4 Å². The maximum atomic E-state index is 12.0. The predicted octanol–water partition coefficient (Wildman–Crippen LogP) is 2.69. The van der Waals surface area contributed by atoms with E-state index < -0.39 is 0 Å². The third-order valence-electron chi connectivity index (χ3n) is 2.99. The van der Waals surface area contributed by atoms with Crippen molar-refractivity contribution < 1.29 is 14.3 Å². The van der Waals surface area contributed by atoms with Gasteiger partial charge in [-0.3, -0.25) is 0 Å². The molecule has 0 N–H and O–H groups in total. The number of rotatable bonds is 3. The van der Waals surface area contributed by atoms with E-state index in [1.54, 1.807) is 17.0 Å². The fourth-order valence-electron chi connectivity index (χ4n) is 2.13. The van der Waals surface area contributed by atoms with Crippen LogP contribution in [-0.4, -0.2) is 36.8 Å². The smallest absolute Gasteiger partial charge is 0.410 e. The van der Waals surface area contributed by atoms with Gasteiger partial charge in [0.05, 0.1) is 12.6 Å². The SMILES string of the molecule is CCOC1CCCN(C(=O)Oc2ccccc2)C1. The van der Waals surface area contributed by atoms with Gasteiger partial charge in [-0.25, -0.2) is 4.79 Å². The zero-order valence-electron chi connectivity index (χ0n) is 10.7. The lowest BCUT2D eigenvalue weighted by atomic mass is 10.1. The molecule has 1 unspecified atom stereocenters. The molecule has 0 aromatic heterocycles. The van der Waals surface area contributed by atoms with Crippen LogP contribution < -0.4 is 4.74 Å². The van der Waals surface area contributed by atoms with E-state index in [2.05, 4.69) is 0 Å². The molecule has 1 atom stereocenters. The van der Waals surface area contributed by atoms with Crippen LogP contribution in [0.3, 0.4) is 0 Å². The minimum absolute atomic E-state index is 0.145. The lowest BCUT2D eigenvalue weighted by molar-refractivity contribution is 0.0106. The minimum atomic E-state index is -0.286. The summed E-state index contributed by atoms with van der Waals surface area (Å²) in [4.78, 5) is 13.7. The second-order valence-electron chi connectivity index (χ2n) is 4.35. The van der Waals surface area contributed by atoms with Gasteiger partial charge in [0.1, 0.15) is 5.75 Å². The molecule has 4 heteroatoms. The molecule has 98 valence electrons. The van der Waals surface area contributed by atoms with Crippen LogP contribution in [0.1, 0.15) is 19.8 Å². The molecule has 1 aliphatic rings. The van der Waals surface area contributed by atoms with Gasteiger partial charge in [0.15, 0.2) is 0 Å². The van der Waals surface area contributed by atoms with Gasteiger partial charge in [0.25, 0.3) is 0 Å². The fourth-order valence-corrected chi connectivity index (χ4v) is 2.13. The monoisotopic (exact) mass is 249 g/mol. The number of nitrogens with zero attached hydrogens (tertiary/aromatic N) is 1. The number of carbonyl (C=O) groups excluding carboxylic acids is 1. The molecule has 1 saturated heterocycles. The van der Waals surface area contributed by atoms with Crippen molar-refractivity contribution in [1.29, 1.82) is 0 Å². The number of likely N-dealkylation sites (tertiary alicyclic amines) is 1. The highest BCUT2D eigenvalue weighted by atomic mass is 16.6. The molecule has 0 bridgehead atoms. The molecule has 1 aromatic rings. The molecule has 1 aliphatic heterocycles. The van der Waals surface area contributed by atoms with Gasteiger partial charge in [-0.15, -0.1) is 0 Å². The van der Waals surface area contributed by atoms with Crippen LogP contribution in [0.4, 0.5) is 4.79 Å². The first-order chi connectivity index (χ1) is 8.79. The highest BCUT2D eigenvalue weighted by Gasteiger charge is 2.25. The van der Waals surface area contributed by atoms with Crippen molar-refractivity contribution in [2.75, 3.05) is 19.7 Å². The number of hydrogen-bond donors (Lipinski definition) is 0. The average molecular weight is 249 g/mol. The zero-order chi connectivity index (χ0) is 12.8. The molecule has 4 nitrogen and oxygen atoms in total. The second-order valence-corrected chi connectivity index (χ2v) is 4.35. The first-order valence-electron chi connectivity index (χ1n) is 6.43. The van der Waals surface area contributed by atoms with Gasteiger partial charge >= 0.3 is 6.09 Å². The van der Waals surface area contributed by atoms with Gasteiger partial charge in [-0.2, -0.15) is 0 Å². The molecule has 1 aromatic carbocycles. The van der Waals surface area contributed by atoms with Crippen molar-refractivity contribution in [3.63, 3.8) is 0 Å². The summed E-state index contributed by atoms with van der Waals surface area (Å²) < 4.78 is 10.9. The number of hydrogen-bond acceptors (Lipinski definition) is 3. The topological polar surface area (TPSA) is 38.8 Å². The average Bonchev–Trinajstić information content (AvgIpc) is 2.40. The number of benzene rings is 1. The minimum Gasteiger partial charge on any atom is -0.410 e. The molecule has 1 heterocycles. The molecule has 0 aliphatic carbocycles. The maximum Gasteiger partial charge on any atom is 0.415 e. The molecular weight excluding hydrogens is 230 g/mol. The number of carbonyl (C=O) groups is 1. The Bertz CT molecular complexity index is 378. The summed E-state index contributed by atoms with van der Waals surface area (Å²) in [5, 5.41) is 0. The van der Waals surface area contributed by atoms with Gasteiger partial charge in [-0.1, -0.05) is 18.2 Å². The van der Waals surface area contributed by atoms with Crippen LogP contribution >= 0.6 is 0 Å². The summed E-state index contributed by atoms with van der Waals surface area (Å²) in [5.41, 5.74) is 0. The fraction of sp³-hybridized carbons (Fsp3) is 0.500. The van der Waals surface area contributed by atoms with E-state index in [0.29, 0.717) is 18.9 Å². The Morgan fingerprint density at radius 3 is 2.89 bits per heavy atom. The number of piperidine rings is 1. The Hall–Kier alpha value is -1.55. The molecular formula is C14H19NO3. The van der Waals surface area contributed by atoms with Crippen LogP contribution in [0.2, 0.25) is 0 Å². The summed E-state index contributed by atoms with van der Waals surface area (Å²) in [6, 6.07) is 9.15. The van der Waals surface area contributed by atoms with Gasteiger partial charge in [0, 0.05) is 13.2 Å². The quantitative estimate of drug-likeness (QED) is 0.826. The lowest BCUT2D eigenvalue weighted by Gasteiger charge is -2.31. The normalized spacial score (nSPS) is 19.6. The molecule has 0 saturated carbocycles. The standard InChI is InChI=1S/C14H19NO3/c1-2-17-13-9-6-10-15(11-13)14(16)18-12-7-4-3-5-8-12/h3-5,7-8,13H,2,6,9-11H2,1H3. The number of para-hydroxylation sites is 1. The third kappa shape index (κ3) is 3.47. The van der Waals surface area contributed by atoms with Crippen molar-refractivity contribution in [2.45, 2.75) is 25.9 Å². The molecule has 0 spiro atoms. The molecule has 18 heavy (non-hydrogen) atoms. The summed E-state index contributed by atoms with van der Waals surface area (Å²) in [7, 11) is 0. The highest BCUT2D eigenvalue weighted by Crippen LogP contribution is 2.16. The first kappa shape index (κ1) is 12.9. The number of ether oxygens (including phenoxy) is 2. The number of amides is 1. The van der Waals surface area contributed by atoms with Crippen LogP contribution in [0.15, 0.2) is 30.3 Å². The van der Waals surface area contributed by atoms with Crippen LogP contribution in [0, 0.1) is 0 Å². The van der Waals surface area contributed by atoms with Crippen LogP contribution in [-0.2, 0) is 4.74 Å². The van der Waals surface area contributed by atoms with Crippen molar-refractivity contribution in [1.82, 2.24) is 4.90 Å². The van der Waals surface area contributed by atoms with Crippen molar-refractivity contribution >= 4 is 6.09 Å². The van der Waals surface area contributed by atoms with Crippen molar-refractivity contribution in [3.8, 4) is 5.75 Å². The van der Waals surface area contributed by atoms with Gasteiger partial charge < -0.3 is 14.4 Å². The van der Waals surface area contributed by atoms with E-state index in [9.17, 15) is 4.79 Å². The van der Waals surface area contributed by atoms with E-state index in [1.165, 1.54) is 0 Å². The zero-order valence-corrected chi connectivity index (χ0v) is 10.7. The summed E-state index contributed by atoms with van der Waals surface area (Å²) in [5.74, 6) is 0.584. The predicted molar refractivity (Wildman–Crippen MR) is 68.7 cm³/mol. The van der Waals surface area contributed by atoms with E-state index >= 15 is 0 Å². The molecule has 1 fully saturated rings. The molecule has 0 radical (unpaired) electrons. The Morgan fingerprint density at radius 2 is 2.17 bits per heavy atom. The largest absolute Gasteiger partial charge is 0.415 e. The van der Waals surface area contributed by atoms with Gasteiger partial charge in [0.2, 0.25) is 0 Å². The summed E-state index contributed by atoms with van der Waals surface area (Å²) in [6.07, 6.45) is 1.84. The highest BCUT2D eigenvalue weighted by molar-refractivity contribution is 5.70. The van der Waals surface area contributed by atoms with Crippen molar-refractivity contribution in [2.24, 2.45) is 0 Å². The van der Waals surface area contributed by atoms with E-state index in [-0.39, 0.29) is 12.2 Å².